The minimum absolute atomic E-state index is 0.150. The van der Waals surface area contributed by atoms with E-state index < -0.39 is 0 Å². The number of rotatable bonds is 6. The zero-order chi connectivity index (χ0) is 17.8. The number of carbonyl (C=O) groups excluding carboxylic acids is 1. The number of fused-ring (bicyclic) bond motifs is 3. The monoisotopic (exact) mass is 353 g/mol. The summed E-state index contributed by atoms with van der Waals surface area (Å²) in [7, 11) is 0. The van der Waals surface area contributed by atoms with Crippen LogP contribution in [-0.4, -0.2) is 37.4 Å². The van der Waals surface area contributed by atoms with Crippen molar-refractivity contribution >= 4 is 34.3 Å². The fraction of sp³-hybridized carbons (Fsp3) is 0.176. The molecule has 0 aliphatic carbocycles. The van der Waals surface area contributed by atoms with Crippen LogP contribution in [0.5, 0.6) is 0 Å². The molecule has 0 spiro atoms. The Hall–Kier alpha value is -3.05. The summed E-state index contributed by atoms with van der Waals surface area (Å²) in [5, 5.41) is 12.0. The summed E-state index contributed by atoms with van der Waals surface area (Å²) in [6.45, 7) is 4.19. The summed E-state index contributed by atoms with van der Waals surface area (Å²) in [6.07, 6.45) is 6.75. The normalized spacial score (nSPS) is 10.7. The van der Waals surface area contributed by atoms with Gasteiger partial charge in [0, 0.05) is 6.54 Å². The molecule has 0 saturated carbocycles. The van der Waals surface area contributed by atoms with E-state index >= 15 is 0 Å². The van der Waals surface area contributed by atoms with Crippen LogP contribution in [0.2, 0.25) is 0 Å². The maximum atomic E-state index is 12.7. The van der Waals surface area contributed by atoms with E-state index in [1.807, 2.05) is 12.1 Å². The van der Waals surface area contributed by atoms with Gasteiger partial charge >= 0.3 is 0 Å². The van der Waals surface area contributed by atoms with Crippen molar-refractivity contribution in [3.05, 3.63) is 47.3 Å². The third-order valence-corrected chi connectivity index (χ3v) is 4.44. The quantitative estimate of drug-likeness (QED) is 0.407. The van der Waals surface area contributed by atoms with Crippen LogP contribution in [0, 0.1) is 12.3 Å². The molecule has 2 aromatic heterocycles. The van der Waals surface area contributed by atoms with E-state index in [2.05, 4.69) is 28.0 Å². The molecule has 1 aromatic carbocycles. The van der Waals surface area contributed by atoms with Gasteiger partial charge in [0.25, 0.3) is 5.56 Å². The Bertz CT molecular complexity index is 1060. The van der Waals surface area contributed by atoms with E-state index in [0.29, 0.717) is 28.4 Å². The fourth-order valence-corrected chi connectivity index (χ4v) is 3.22. The highest BCUT2D eigenvalue weighted by Crippen LogP contribution is 2.21. The smallest absolute Gasteiger partial charge is 0.263 e. The largest absolute Gasteiger partial charge is 0.344 e. The Labute approximate surface area is 147 Å². The molecule has 7 nitrogen and oxygen atoms in total. The summed E-state index contributed by atoms with van der Waals surface area (Å²) in [4.78, 5) is 24.4. The van der Waals surface area contributed by atoms with Crippen molar-refractivity contribution in [3.8, 4) is 12.3 Å². The number of aromatic nitrogens is 4. The van der Waals surface area contributed by atoms with Gasteiger partial charge in [-0.25, -0.2) is 0 Å². The highest BCUT2D eigenvalue weighted by Gasteiger charge is 2.16. The lowest BCUT2D eigenvalue weighted by molar-refractivity contribution is -0.118. The number of thioether (sulfide) groups is 1. The van der Waals surface area contributed by atoms with E-state index in [0.717, 1.165) is 0 Å². The molecular weight excluding hydrogens is 338 g/mol. The van der Waals surface area contributed by atoms with Crippen LogP contribution in [0.25, 0.3) is 16.7 Å². The van der Waals surface area contributed by atoms with Gasteiger partial charge in [0.2, 0.25) is 11.7 Å². The number of allylic oxidation sites excluding steroid dienone is 1. The summed E-state index contributed by atoms with van der Waals surface area (Å²) >= 11 is 1.23. The van der Waals surface area contributed by atoms with E-state index in [-0.39, 0.29) is 23.8 Å². The number of nitrogens with one attached hydrogen (secondary N) is 1. The first-order valence-electron chi connectivity index (χ1n) is 7.48. The number of terminal acetylenes is 1. The minimum Gasteiger partial charge on any atom is -0.344 e. The highest BCUT2D eigenvalue weighted by molar-refractivity contribution is 7.99. The van der Waals surface area contributed by atoms with Crippen LogP contribution in [0.15, 0.2) is 46.9 Å². The van der Waals surface area contributed by atoms with Crippen molar-refractivity contribution in [1.82, 2.24) is 24.5 Å². The number of hydrogen-bond donors (Lipinski definition) is 1. The molecule has 0 aliphatic heterocycles. The van der Waals surface area contributed by atoms with Gasteiger partial charge in [-0.05, 0) is 12.1 Å². The molecule has 3 rings (SSSR count). The van der Waals surface area contributed by atoms with Crippen molar-refractivity contribution in [2.24, 2.45) is 0 Å². The van der Waals surface area contributed by atoms with Gasteiger partial charge in [0.1, 0.15) is 0 Å². The second kappa shape index (κ2) is 7.23. The molecule has 8 heteroatoms. The Morgan fingerprint density at radius 3 is 2.96 bits per heavy atom. The first-order valence-corrected chi connectivity index (χ1v) is 8.46. The third kappa shape index (κ3) is 3.14. The number of nitrogens with zero attached hydrogens (tertiary/aromatic N) is 4. The lowest BCUT2D eigenvalue weighted by atomic mass is 10.2. The van der Waals surface area contributed by atoms with E-state index in [4.69, 9.17) is 6.42 Å². The fourth-order valence-electron chi connectivity index (χ4n) is 2.45. The summed E-state index contributed by atoms with van der Waals surface area (Å²) in [6, 6.07) is 7.23. The van der Waals surface area contributed by atoms with Gasteiger partial charge in [-0.1, -0.05) is 35.9 Å². The van der Waals surface area contributed by atoms with E-state index in [9.17, 15) is 9.59 Å². The van der Waals surface area contributed by atoms with Crippen molar-refractivity contribution in [2.75, 3.05) is 12.3 Å². The Morgan fingerprint density at radius 2 is 2.20 bits per heavy atom. The zero-order valence-electron chi connectivity index (χ0n) is 13.3. The second-order valence-corrected chi connectivity index (χ2v) is 6.05. The van der Waals surface area contributed by atoms with Gasteiger partial charge in [-0.2, -0.15) is 0 Å². The van der Waals surface area contributed by atoms with Gasteiger partial charge in [-0.15, -0.1) is 23.2 Å². The molecule has 0 radical (unpaired) electrons. The highest BCUT2D eigenvalue weighted by atomic mass is 32.2. The Kier molecular flexibility index (Phi) is 4.86. The number of hydrogen-bond acceptors (Lipinski definition) is 5. The Morgan fingerprint density at radius 1 is 1.40 bits per heavy atom. The molecule has 3 aromatic rings. The molecule has 0 saturated heterocycles. The molecule has 1 N–H and O–H groups in total. The lowest BCUT2D eigenvalue weighted by Gasteiger charge is -2.09. The minimum atomic E-state index is -0.191. The molecule has 2 heterocycles. The summed E-state index contributed by atoms with van der Waals surface area (Å²) in [5.41, 5.74) is 0.540. The Balaban J connectivity index is 2.10. The van der Waals surface area contributed by atoms with Gasteiger partial charge < -0.3 is 5.32 Å². The molecule has 0 aliphatic rings. The van der Waals surface area contributed by atoms with Crippen molar-refractivity contribution in [1.29, 1.82) is 0 Å². The SMILES string of the molecule is C#CCNC(=O)CSc1nnc2n(CC=C)c(=O)c3ccccc3n12. The maximum absolute atomic E-state index is 12.7. The van der Waals surface area contributed by atoms with E-state index in [1.54, 1.807) is 22.6 Å². The molecule has 1 amide bonds. The predicted octanol–water partition coefficient (Wildman–Crippen LogP) is 1.07. The molecule has 0 bridgehead atoms. The van der Waals surface area contributed by atoms with E-state index in [1.165, 1.54) is 16.3 Å². The molecule has 0 atom stereocenters. The van der Waals surface area contributed by atoms with Crippen LogP contribution < -0.4 is 10.9 Å². The average molecular weight is 353 g/mol. The molecular formula is C17H15N5O2S. The molecule has 0 fully saturated rings. The van der Waals surface area contributed by atoms with Gasteiger partial charge in [-0.3, -0.25) is 18.6 Å². The number of para-hydroxylation sites is 1. The van der Waals surface area contributed by atoms with Crippen molar-refractivity contribution in [3.63, 3.8) is 0 Å². The topological polar surface area (TPSA) is 81.3 Å². The molecule has 0 unspecified atom stereocenters. The first-order chi connectivity index (χ1) is 12.2. The van der Waals surface area contributed by atoms with Crippen LogP contribution in [-0.2, 0) is 11.3 Å². The first kappa shape index (κ1) is 16.8. The van der Waals surface area contributed by atoms with Crippen molar-refractivity contribution in [2.45, 2.75) is 11.7 Å². The maximum Gasteiger partial charge on any atom is 0.263 e. The molecule has 126 valence electrons. The second-order valence-electron chi connectivity index (χ2n) is 5.11. The van der Waals surface area contributed by atoms with Gasteiger partial charge in [0.05, 0.1) is 23.2 Å². The third-order valence-electron chi connectivity index (χ3n) is 3.51. The van der Waals surface area contributed by atoms with Gasteiger partial charge in [0.15, 0.2) is 5.16 Å². The standard InChI is InChI=1S/C17H15N5O2S/c1-3-9-18-14(23)11-25-17-20-19-16-21(10-4-2)15(24)12-7-5-6-8-13(12)22(16)17/h1,4-8H,2,9-11H2,(H,18,23). The molecule has 25 heavy (non-hydrogen) atoms. The zero-order valence-corrected chi connectivity index (χ0v) is 14.1. The number of amides is 1. The van der Waals surface area contributed by atoms with Crippen LogP contribution in [0.4, 0.5) is 0 Å². The predicted molar refractivity (Wildman–Crippen MR) is 97.5 cm³/mol. The average Bonchev–Trinajstić information content (AvgIpc) is 3.05. The summed E-state index contributed by atoms with van der Waals surface area (Å²) < 4.78 is 3.28. The van der Waals surface area contributed by atoms with Crippen LogP contribution in [0.1, 0.15) is 0 Å². The summed E-state index contributed by atoms with van der Waals surface area (Å²) in [5.74, 6) is 2.72. The van der Waals surface area contributed by atoms with Crippen LogP contribution >= 0.6 is 11.8 Å². The number of carbonyl (C=O) groups is 1. The van der Waals surface area contributed by atoms with Crippen molar-refractivity contribution < 1.29 is 4.79 Å². The number of benzene rings is 1. The van der Waals surface area contributed by atoms with Crippen LogP contribution in [0.3, 0.4) is 0 Å². The lowest BCUT2D eigenvalue weighted by Crippen LogP contribution is -2.25.